The fourth-order valence-corrected chi connectivity index (χ4v) is 1.67. The van der Waals surface area contributed by atoms with Crippen LogP contribution in [0.5, 0.6) is 11.6 Å². The highest BCUT2D eigenvalue weighted by atomic mass is 16.5. The number of aromatic amines is 1. The van der Waals surface area contributed by atoms with Crippen LogP contribution in [-0.2, 0) is 6.61 Å². The highest BCUT2D eigenvalue weighted by Crippen LogP contribution is 2.20. The van der Waals surface area contributed by atoms with Gasteiger partial charge in [-0.1, -0.05) is 12.1 Å². The van der Waals surface area contributed by atoms with Crippen LogP contribution in [0.2, 0.25) is 0 Å². The van der Waals surface area contributed by atoms with E-state index in [1.807, 2.05) is 0 Å². The van der Waals surface area contributed by atoms with Crippen molar-refractivity contribution in [2.45, 2.75) is 6.61 Å². The Hall–Kier alpha value is -2.67. The molecule has 0 aliphatic heterocycles. The number of nitrogens with zero attached hydrogens (tertiary/aromatic N) is 3. The topological polar surface area (TPSA) is 92.5 Å². The Morgan fingerprint density at radius 2 is 2.21 bits per heavy atom. The Morgan fingerprint density at radius 3 is 3.05 bits per heavy atom. The molecule has 2 N–H and O–H groups in total. The molecular formula is C12H10N4O3. The van der Waals surface area contributed by atoms with Gasteiger partial charge < -0.3 is 9.84 Å². The fourth-order valence-electron chi connectivity index (χ4n) is 1.67. The molecule has 0 fully saturated rings. The number of rotatable bonds is 3. The lowest BCUT2D eigenvalue weighted by Gasteiger charge is -2.05. The number of H-pyrrole nitrogens is 1. The highest BCUT2D eigenvalue weighted by molar-refractivity contribution is 5.37. The zero-order valence-corrected chi connectivity index (χ0v) is 9.78. The van der Waals surface area contributed by atoms with Gasteiger partial charge in [0.2, 0.25) is 5.88 Å². The summed E-state index contributed by atoms with van der Waals surface area (Å²) in [6.45, 7) is -0.0646. The third-order valence-electron chi connectivity index (χ3n) is 2.55. The lowest BCUT2D eigenvalue weighted by molar-refractivity contribution is 0.281. The van der Waals surface area contributed by atoms with Gasteiger partial charge in [0.05, 0.1) is 6.61 Å². The number of benzene rings is 1. The molecule has 3 rings (SSSR count). The zero-order valence-electron chi connectivity index (χ0n) is 9.78. The van der Waals surface area contributed by atoms with Gasteiger partial charge in [-0.25, -0.2) is 9.89 Å². The average Bonchev–Trinajstić information content (AvgIpc) is 2.80. The van der Waals surface area contributed by atoms with Gasteiger partial charge >= 0.3 is 5.69 Å². The maximum absolute atomic E-state index is 11.4. The lowest BCUT2D eigenvalue weighted by atomic mass is 10.2. The molecule has 7 nitrogen and oxygen atoms in total. The Labute approximate surface area is 107 Å². The number of fused-ring (bicyclic) bond motifs is 1. The van der Waals surface area contributed by atoms with Crippen molar-refractivity contribution in [1.29, 1.82) is 0 Å². The molecular weight excluding hydrogens is 248 g/mol. The quantitative estimate of drug-likeness (QED) is 0.721. The zero-order chi connectivity index (χ0) is 13.2. The van der Waals surface area contributed by atoms with Crippen LogP contribution in [-0.4, -0.2) is 24.9 Å². The molecule has 0 aliphatic carbocycles. The Bertz CT molecular complexity index is 778. The predicted octanol–water partition coefficient (Wildman–Crippen LogP) is 0.702. The average molecular weight is 258 g/mol. The second-order valence-corrected chi connectivity index (χ2v) is 3.88. The van der Waals surface area contributed by atoms with E-state index in [2.05, 4.69) is 15.3 Å². The minimum atomic E-state index is -0.426. The van der Waals surface area contributed by atoms with E-state index >= 15 is 0 Å². The first-order chi connectivity index (χ1) is 9.26. The molecule has 3 aromatic rings. The van der Waals surface area contributed by atoms with Crippen LogP contribution in [0.4, 0.5) is 0 Å². The van der Waals surface area contributed by atoms with E-state index in [0.29, 0.717) is 11.4 Å². The first-order valence-corrected chi connectivity index (χ1v) is 5.58. The van der Waals surface area contributed by atoms with Gasteiger partial charge in [-0.05, 0) is 23.8 Å². The number of aromatic nitrogens is 4. The maximum atomic E-state index is 11.4. The third-order valence-corrected chi connectivity index (χ3v) is 2.55. The van der Waals surface area contributed by atoms with Gasteiger partial charge in [-0.2, -0.15) is 9.61 Å². The van der Waals surface area contributed by atoms with Crippen LogP contribution in [0.1, 0.15) is 5.56 Å². The molecule has 2 aromatic heterocycles. The summed E-state index contributed by atoms with van der Waals surface area (Å²) < 4.78 is 6.65. The van der Waals surface area contributed by atoms with Gasteiger partial charge in [0.15, 0.2) is 5.65 Å². The van der Waals surface area contributed by atoms with Crippen molar-refractivity contribution in [3.8, 4) is 11.6 Å². The molecule has 0 atom stereocenters. The van der Waals surface area contributed by atoms with E-state index in [4.69, 9.17) is 9.84 Å². The molecule has 7 heteroatoms. The monoisotopic (exact) mass is 258 g/mol. The summed E-state index contributed by atoms with van der Waals surface area (Å²) in [6, 6.07) is 10.2. The molecule has 2 heterocycles. The van der Waals surface area contributed by atoms with Crippen LogP contribution in [0.15, 0.2) is 41.2 Å². The SMILES string of the molecule is O=c1[nH]nc2ccc(Oc3cccc(CO)c3)nn12. The summed E-state index contributed by atoms with van der Waals surface area (Å²) in [5.74, 6) is 0.807. The number of aliphatic hydroxyl groups is 1. The lowest BCUT2D eigenvalue weighted by Crippen LogP contribution is -2.12. The van der Waals surface area contributed by atoms with Crippen molar-refractivity contribution in [2.75, 3.05) is 0 Å². The van der Waals surface area contributed by atoms with Crippen molar-refractivity contribution < 1.29 is 9.84 Å². The molecule has 0 radical (unpaired) electrons. The summed E-state index contributed by atoms with van der Waals surface area (Å²) in [4.78, 5) is 11.4. The summed E-state index contributed by atoms with van der Waals surface area (Å²) in [5, 5.41) is 19.1. The number of ether oxygens (including phenoxy) is 1. The van der Waals surface area contributed by atoms with Crippen molar-refractivity contribution in [1.82, 2.24) is 19.8 Å². The molecule has 19 heavy (non-hydrogen) atoms. The van der Waals surface area contributed by atoms with Gasteiger partial charge in [0, 0.05) is 6.07 Å². The predicted molar refractivity (Wildman–Crippen MR) is 66.0 cm³/mol. The van der Waals surface area contributed by atoms with Gasteiger partial charge in [-0.15, -0.1) is 5.10 Å². The largest absolute Gasteiger partial charge is 0.438 e. The van der Waals surface area contributed by atoms with Crippen molar-refractivity contribution >= 4 is 5.65 Å². The van der Waals surface area contributed by atoms with Crippen molar-refractivity contribution in [3.05, 3.63) is 52.4 Å². The molecule has 0 aliphatic rings. The highest BCUT2D eigenvalue weighted by Gasteiger charge is 2.05. The molecule has 0 unspecified atom stereocenters. The van der Waals surface area contributed by atoms with Gasteiger partial charge in [0.1, 0.15) is 5.75 Å². The van der Waals surface area contributed by atoms with E-state index in [9.17, 15) is 4.79 Å². The summed E-state index contributed by atoms with van der Waals surface area (Å²) in [6.07, 6.45) is 0. The molecule has 0 spiro atoms. The van der Waals surface area contributed by atoms with Crippen molar-refractivity contribution in [2.24, 2.45) is 0 Å². The van der Waals surface area contributed by atoms with E-state index in [1.54, 1.807) is 36.4 Å². The van der Waals surface area contributed by atoms with Crippen LogP contribution in [0.25, 0.3) is 5.65 Å². The first-order valence-electron chi connectivity index (χ1n) is 5.58. The van der Waals surface area contributed by atoms with Gasteiger partial charge in [-0.3, -0.25) is 0 Å². The van der Waals surface area contributed by atoms with Gasteiger partial charge in [0.25, 0.3) is 0 Å². The molecule has 0 amide bonds. The first kappa shape index (κ1) is 11.4. The van der Waals surface area contributed by atoms with E-state index in [-0.39, 0.29) is 12.5 Å². The van der Waals surface area contributed by atoms with E-state index < -0.39 is 5.69 Å². The van der Waals surface area contributed by atoms with Crippen LogP contribution in [0, 0.1) is 0 Å². The summed E-state index contributed by atoms with van der Waals surface area (Å²) in [7, 11) is 0. The van der Waals surface area contributed by atoms with Crippen molar-refractivity contribution in [3.63, 3.8) is 0 Å². The third kappa shape index (κ3) is 2.18. The standard InChI is InChI=1S/C12H10N4O3/c17-7-8-2-1-3-9(6-8)19-11-5-4-10-13-14-12(18)16(10)15-11/h1-6,17H,7H2,(H,14,18). The van der Waals surface area contributed by atoms with Crippen LogP contribution < -0.4 is 10.4 Å². The van der Waals surface area contributed by atoms with Crippen LogP contribution in [0.3, 0.4) is 0 Å². The molecule has 0 bridgehead atoms. The number of hydrogen-bond donors (Lipinski definition) is 2. The Morgan fingerprint density at radius 1 is 1.32 bits per heavy atom. The molecule has 1 aromatic carbocycles. The number of hydrogen-bond acceptors (Lipinski definition) is 5. The summed E-state index contributed by atoms with van der Waals surface area (Å²) >= 11 is 0. The smallest absolute Gasteiger partial charge is 0.364 e. The minimum Gasteiger partial charge on any atom is -0.438 e. The minimum absolute atomic E-state index is 0.0646. The second kappa shape index (κ2) is 4.54. The molecule has 0 saturated carbocycles. The fraction of sp³-hybridized carbons (Fsp3) is 0.0833. The molecule has 0 saturated heterocycles. The Balaban J connectivity index is 1.95. The normalized spacial score (nSPS) is 10.8. The number of nitrogens with one attached hydrogen (secondary N) is 1. The van der Waals surface area contributed by atoms with E-state index in [1.165, 1.54) is 0 Å². The maximum Gasteiger partial charge on any atom is 0.364 e. The van der Waals surface area contributed by atoms with Crippen LogP contribution >= 0.6 is 0 Å². The number of aliphatic hydroxyl groups excluding tert-OH is 1. The molecule has 96 valence electrons. The van der Waals surface area contributed by atoms with E-state index in [0.717, 1.165) is 10.1 Å². The second-order valence-electron chi connectivity index (χ2n) is 3.88. The summed E-state index contributed by atoms with van der Waals surface area (Å²) in [5.41, 5.74) is 0.727. The Kier molecular flexibility index (Phi) is 2.73.